The predicted molar refractivity (Wildman–Crippen MR) is 249 cm³/mol. The van der Waals surface area contributed by atoms with Crippen molar-refractivity contribution >= 4 is 47.2 Å². The molecule has 0 aromatic heterocycles. The Kier molecular flexibility index (Phi) is 42.7. The molecule has 4 radical (unpaired) electrons. The summed E-state index contributed by atoms with van der Waals surface area (Å²) in [6.45, 7) is 37.3. The van der Waals surface area contributed by atoms with Gasteiger partial charge in [-0.1, -0.05) is 0 Å². The first-order valence-corrected chi connectivity index (χ1v) is 27.9. The van der Waals surface area contributed by atoms with E-state index in [9.17, 15) is 0 Å². The van der Waals surface area contributed by atoms with Gasteiger partial charge in [0.05, 0.1) is 44.3 Å². The van der Waals surface area contributed by atoms with E-state index in [1.54, 1.807) is 0 Å². The smallest absolute Gasteiger partial charge is 0.472 e. The molecule has 0 aromatic rings. The molecule has 48 heteroatoms. The third-order valence-electron chi connectivity index (χ3n) is 8.46. The third-order valence-corrected chi connectivity index (χ3v) is 8.46. The van der Waals surface area contributed by atoms with Crippen LogP contribution in [-0.2, 0) is 76.9 Å². The Morgan fingerprint density at radius 2 is 0.330 bits per heavy atom. The SMILES string of the molecule is CC1(C)COC(C2=NC(C)(C)CO2)=N1.CC1(C)COC(C2=NC(C)(C)CO2)=N1.CC1(C)COC(C2=NC(C)(C)CO2)=N1.CC1(C)COC(C2=NC(C)(C)CO2)=N1.O=N[O-].O=N[O-].[N]=O.[N]=O.[O-][Cl+3]([O-])([O-])[O-].[O-][Cl+3]([O-])([O-])[O-].[O-][Cl+3]([O-])([O-])[O-].[O-][Cl+3]([O-])([O-])[O-].[Ru+3].[Ru+3]. The van der Waals surface area contributed by atoms with Crippen molar-refractivity contribution in [3.05, 3.63) is 30.0 Å². The van der Waals surface area contributed by atoms with Crippen molar-refractivity contribution in [2.24, 2.45) is 50.6 Å². The number of hydrogen-bond donors (Lipinski definition) is 0. The van der Waals surface area contributed by atoms with E-state index in [2.05, 4.69) is 39.9 Å². The first-order chi connectivity index (χ1) is 38.4. The average molecular weight is 1540 g/mol. The van der Waals surface area contributed by atoms with Crippen LogP contribution in [-0.4, -0.2) is 144 Å². The second-order valence-electron chi connectivity index (χ2n) is 21.8. The van der Waals surface area contributed by atoms with Gasteiger partial charge >= 0.3 is 39.0 Å². The molecule has 0 fully saturated rings. The Morgan fingerprint density at radius 3 is 0.364 bits per heavy atom. The molecule has 0 N–H and O–H groups in total. The molecular weight excluding hydrogens is 1470 g/mol. The minimum Gasteiger partial charge on any atom is -0.472 e. The molecule has 8 aliphatic heterocycles. The summed E-state index contributed by atoms with van der Waals surface area (Å²) in [6.07, 6.45) is 0. The number of nitrogens with zero attached hydrogens (tertiary/aromatic N) is 12. The molecule has 508 valence electrons. The zero-order valence-corrected chi connectivity index (χ0v) is 56.0. The molecule has 8 rings (SSSR count). The van der Waals surface area contributed by atoms with Crippen LogP contribution in [0, 0.1) is 71.0 Å². The molecule has 8 heterocycles. The fourth-order valence-corrected chi connectivity index (χ4v) is 5.55. The maximum absolute atomic E-state index is 8.49. The van der Waals surface area contributed by atoms with Crippen LogP contribution < -0.4 is 85.7 Å². The van der Waals surface area contributed by atoms with Gasteiger partial charge in [-0.15, -0.1) is 61.5 Å². The molecule has 0 saturated carbocycles. The summed E-state index contributed by atoms with van der Waals surface area (Å²) in [5.41, 5.74) is 10.3. The molecule has 0 saturated heterocycles. The number of aliphatic imine (C=N–C) groups is 8. The van der Waals surface area contributed by atoms with Crippen molar-refractivity contribution in [3.8, 4) is 0 Å². The van der Waals surface area contributed by atoms with Gasteiger partial charge in [-0.25, -0.2) is 114 Å². The molecule has 0 aliphatic carbocycles. The molecule has 88 heavy (non-hydrogen) atoms. The summed E-state index contributed by atoms with van der Waals surface area (Å²) in [6, 6.07) is 0. The van der Waals surface area contributed by atoms with E-state index in [1.807, 2.05) is 111 Å². The normalized spacial score (nSPS) is 20.7. The summed E-state index contributed by atoms with van der Waals surface area (Å²) in [5.74, 6) is 4.45. The van der Waals surface area contributed by atoms with Crippen LogP contribution in [0.25, 0.3) is 0 Å². The van der Waals surface area contributed by atoms with Crippen molar-refractivity contribution < 1.29 is 192 Å². The van der Waals surface area contributed by atoms with E-state index in [0.29, 0.717) is 100 Å². The van der Waals surface area contributed by atoms with Gasteiger partial charge in [-0.2, -0.15) is 0 Å². The van der Waals surface area contributed by atoms with Gasteiger partial charge in [0.1, 0.15) is 64.0 Å². The van der Waals surface area contributed by atoms with Crippen LogP contribution in [0.4, 0.5) is 0 Å². The minimum absolute atomic E-state index is 0. The summed E-state index contributed by atoms with van der Waals surface area (Å²) in [4.78, 5) is 65.8. The summed E-state index contributed by atoms with van der Waals surface area (Å²) in [7, 11) is -19.8. The van der Waals surface area contributed by atoms with E-state index in [1.165, 1.54) is 0 Å². The Balaban J connectivity index is -0.000000220. The molecular formula is C40H64Cl4N12O30Ru2. The standard InChI is InChI=1S/4C10H16N2O2.4ClHO4.2HNO2.2NO.2Ru/c4*1-9(2)5-13-7(11-9)8-12-10(3,4)6-14-8;4*2-1(3,4)5;2*2-1-3;2*1-2;;/h4*5-6H2,1-4H3;4*(H,2,3,4,5);2*(H,2,3);;;;/q;;;;;;;;;;;;2*+3/p-6. The van der Waals surface area contributed by atoms with Gasteiger partial charge in [0.25, 0.3) is 47.2 Å². The number of rotatable bonds is 4. The molecule has 0 atom stereocenters. The van der Waals surface area contributed by atoms with Crippen LogP contribution in [0.2, 0.25) is 0 Å². The van der Waals surface area contributed by atoms with Crippen LogP contribution in [0.15, 0.2) is 50.6 Å². The van der Waals surface area contributed by atoms with Gasteiger partial charge < -0.3 is 58.1 Å². The number of ether oxygens (including phenoxy) is 8. The molecule has 0 spiro atoms. The number of hydrogen-bond acceptors (Lipinski definition) is 40. The van der Waals surface area contributed by atoms with Crippen LogP contribution in [0.5, 0.6) is 0 Å². The Labute approximate surface area is 536 Å². The molecule has 0 amide bonds. The Morgan fingerprint density at radius 1 is 0.273 bits per heavy atom. The fourth-order valence-electron chi connectivity index (χ4n) is 5.55. The molecule has 8 aliphatic rings. The first kappa shape index (κ1) is 94.6. The quantitative estimate of drug-likeness (QED) is 0.143. The second kappa shape index (κ2) is 39.7. The van der Waals surface area contributed by atoms with E-state index in [0.717, 1.165) is 10.7 Å². The van der Waals surface area contributed by atoms with E-state index < -0.39 is 41.0 Å². The largest absolute Gasteiger partial charge is 3.00 e. The van der Waals surface area contributed by atoms with Gasteiger partial charge in [-0.05, 0) is 111 Å². The van der Waals surface area contributed by atoms with E-state index in [4.69, 9.17) is 154 Å². The Hall–Kier alpha value is -4.47. The first-order valence-electron chi connectivity index (χ1n) is 22.9. The topological polar surface area (TPSA) is 725 Å². The maximum Gasteiger partial charge on any atom is 3.00 e. The van der Waals surface area contributed by atoms with Gasteiger partial charge in [-0.3, -0.25) is 0 Å². The summed E-state index contributed by atoms with van der Waals surface area (Å²) < 4.78 is 179. The molecule has 42 nitrogen and oxygen atoms in total. The second-order valence-corrected chi connectivity index (χ2v) is 24.8. The zero-order valence-electron chi connectivity index (χ0n) is 49.5. The van der Waals surface area contributed by atoms with E-state index >= 15 is 0 Å². The van der Waals surface area contributed by atoms with Crippen molar-refractivity contribution in [2.75, 3.05) is 52.9 Å². The molecule has 0 unspecified atom stereocenters. The van der Waals surface area contributed by atoms with E-state index in [-0.39, 0.29) is 83.3 Å². The van der Waals surface area contributed by atoms with Crippen molar-refractivity contribution in [1.29, 1.82) is 0 Å². The molecule has 0 bridgehead atoms. The maximum atomic E-state index is 8.49. The number of nitroso groups, excluding NO2 is 2. The minimum atomic E-state index is -4.94. The van der Waals surface area contributed by atoms with Crippen LogP contribution in [0.3, 0.4) is 0 Å². The predicted octanol–water partition coefficient (Wildman–Crippen LogP) is -13.8. The molecule has 0 aromatic carbocycles. The summed E-state index contributed by atoms with van der Waals surface area (Å²) >= 11 is 0. The third kappa shape index (κ3) is 53.4. The van der Waals surface area contributed by atoms with Crippen LogP contribution in [0.1, 0.15) is 111 Å². The van der Waals surface area contributed by atoms with Crippen molar-refractivity contribution in [1.82, 2.24) is 11.2 Å². The fraction of sp³-hybridized carbons (Fsp3) is 0.800. The zero-order chi connectivity index (χ0) is 69.0. The summed E-state index contributed by atoms with van der Waals surface area (Å²) in [5, 5.41) is 18.0. The van der Waals surface area contributed by atoms with Crippen LogP contribution >= 0.6 is 0 Å². The average Bonchev–Trinajstić information content (AvgIpc) is 4.19. The van der Waals surface area contributed by atoms with Crippen molar-refractivity contribution in [3.63, 3.8) is 0 Å². The van der Waals surface area contributed by atoms with Gasteiger partial charge in [0.2, 0.25) is 0 Å². The number of halogens is 4. The Bertz CT molecular complexity index is 1910. The monoisotopic (exact) mass is 1540 g/mol. The van der Waals surface area contributed by atoms with Crippen molar-refractivity contribution in [2.45, 2.75) is 155 Å². The van der Waals surface area contributed by atoms with Gasteiger partial charge in [0, 0.05) is 0 Å². The van der Waals surface area contributed by atoms with Gasteiger partial charge in [0.15, 0.2) is 0 Å².